The maximum atomic E-state index is 12.7. The van der Waals surface area contributed by atoms with Gasteiger partial charge in [-0.25, -0.2) is 18.6 Å². The van der Waals surface area contributed by atoms with Crippen molar-refractivity contribution in [3.8, 4) is 0 Å². The van der Waals surface area contributed by atoms with Crippen molar-refractivity contribution in [3.05, 3.63) is 29.6 Å². The first-order valence-electron chi connectivity index (χ1n) is 3.04. The molecule has 0 saturated carbocycles. The van der Waals surface area contributed by atoms with Crippen LogP contribution < -0.4 is 0 Å². The summed E-state index contributed by atoms with van der Waals surface area (Å²) in [6.45, 7) is 0. The summed E-state index contributed by atoms with van der Waals surface area (Å²) in [5, 5.41) is 0. The molecule has 1 rings (SSSR count). The minimum absolute atomic E-state index is 0.515. The van der Waals surface area contributed by atoms with Crippen molar-refractivity contribution < 1.29 is 18.3 Å². The second kappa shape index (κ2) is 3.25. The fourth-order valence-corrected chi connectivity index (χ4v) is 0.661. The summed E-state index contributed by atoms with van der Waals surface area (Å²) in [6, 6.07) is 0.569. The number of ether oxygens (including phenoxy) is 1. The van der Waals surface area contributed by atoms with Gasteiger partial charge in [0, 0.05) is 6.07 Å². The Labute approximate surface area is 67.0 Å². The summed E-state index contributed by atoms with van der Waals surface area (Å²) in [5.74, 6) is -2.78. The molecule has 0 N–H and O–H groups in total. The zero-order valence-electron chi connectivity index (χ0n) is 6.17. The van der Waals surface area contributed by atoms with Crippen molar-refractivity contribution in [2.24, 2.45) is 0 Å². The lowest BCUT2D eigenvalue weighted by Crippen LogP contribution is -2.07. The van der Waals surface area contributed by atoms with E-state index in [-0.39, 0.29) is 0 Å². The number of hydrogen-bond donors (Lipinski definition) is 0. The highest BCUT2D eigenvalue weighted by molar-refractivity contribution is 5.87. The van der Waals surface area contributed by atoms with Crippen molar-refractivity contribution in [1.82, 2.24) is 4.98 Å². The number of esters is 1. The summed E-state index contributed by atoms with van der Waals surface area (Å²) < 4.78 is 29.1. The number of nitrogens with zero attached hydrogens (tertiary/aromatic N) is 1. The van der Waals surface area contributed by atoms with Gasteiger partial charge >= 0.3 is 5.97 Å². The molecule has 5 heteroatoms. The van der Waals surface area contributed by atoms with Crippen molar-refractivity contribution in [2.45, 2.75) is 0 Å². The van der Waals surface area contributed by atoms with Gasteiger partial charge < -0.3 is 4.74 Å². The number of methoxy groups -OCH3 is 1. The Hall–Kier alpha value is -1.52. The second-order valence-electron chi connectivity index (χ2n) is 1.98. The first kappa shape index (κ1) is 8.58. The average molecular weight is 173 g/mol. The van der Waals surface area contributed by atoms with Gasteiger partial charge in [0.2, 0.25) is 0 Å². The minimum Gasteiger partial charge on any atom is -0.464 e. The van der Waals surface area contributed by atoms with Gasteiger partial charge in [0.1, 0.15) is 5.82 Å². The monoisotopic (exact) mass is 173 g/mol. The highest BCUT2D eigenvalue weighted by Crippen LogP contribution is 2.06. The number of carbonyl (C=O) groups excluding carboxylic acids is 1. The molecular formula is C7H5F2NO2. The number of pyridine rings is 1. The second-order valence-corrected chi connectivity index (χ2v) is 1.98. The number of rotatable bonds is 1. The maximum Gasteiger partial charge on any atom is 0.359 e. The van der Waals surface area contributed by atoms with Gasteiger partial charge in [0.25, 0.3) is 0 Å². The van der Waals surface area contributed by atoms with E-state index in [2.05, 4.69) is 9.72 Å². The SMILES string of the molecule is COC(=O)c1ncc(F)cc1F. The van der Waals surface area contributed by atoms with E-state index in [1.807, 2.05) is 0 Å². The summed E-state index contributed by atoms with van der Waals surface area (Å²) in [5.41, 5.74) is -0.515. The van der Waals surface area contributed by atoms with Crippen molar-refractivity contribution >= 4 is 5.97 Å². The summed E-state index contributed by atoms with van der Waals surface area (Å²) >= 11 is 0. The van der Waals surface area contributed by atoms with Gasteiger partial charge in [0.05, 0.1) is 13.3 Å². The largest absolute Gasteiger partial charge is 0.464 e. The van der Waals surface area contributed by atoms with E-state index in [0.717, 1.165) is 13.3 Å². The molecule has 0 aliphatic carbocycles. The van der Waals surface area contributed by atoms with Gasteiger partial charge in [-0.3, -0.25) is 0 Å². The zero-order valence-corrected chi connectivity index (χ0v) is 6.17. The highest BCUT2D eigenvalue weighted by Gasteiger charge is 2.13. The minimum atomic E-state index is -1.03. The lowest BCUT2D eigenvalue weighted by Gasteiger charge is -1.98. The van der Waals surface area contributed by atoms with Crippen molar-refractivity contribution in [1.29, 1.82) is 0 Å². The van der Waals surface area contributed by atoms with Crippen LogP contribution in [0.25, 0.3) is 0 Å². The third kappa shape index (κ3) is 1.55. The Morgan fingerprint density at radius 3 is 2.75 bits per heavy atom. The number of halogens is 2. The van der Waals surface area contributed by atoms with E-state index in [1.165, 1.54) is 0 Å². The summed E-state index contributed by atoms with van der Waals surface area (Å²) in [7, 11) is 1.09. The smallest absolute Gasteiger partial charge is 0.359 e. The van der Waals surface area contributed by atoms with E-state index >= 15 is 0 Å². The molecule has 12 heavy (non-hydrogen) atoms. The molecule has 0 aromatic carbocycles. The van der Waals surface area contributed by atoms with E-state index in [1.54, 1.807) is 0 Å². The number of aromatic nitrogens is 1. The normalized spacial score (nSPS) is 9.58. The van der Waals surface area contributed by atoms with Gasteiger partial charge in [0.15, 0.2) is 11.5 Å². The Morgan fingerprint density at radius 1 is 1.58 bits per heavy atom. The molecule has 0 bridgehead atoms. The fourth-order valence-electron chi connectivity index (χ4n) is 0.661. The molecular weight excluding hydrogens is 168 g/mol. The Bertz CT molecular complexity index is 314. The zero-order chi connectivity index (χ0) is 9.14. The Kier molecular flexibility index (Phi) is 2.32. The number of hydrogen-bond acceptors (Lipinski definition) is 3. The van der Waals surface area contributed by atoms with Crippen molar-refractivity contribution in [3.63, 3.8) is 0 Å². The lowest BCUT2D eigenvalue weighted by atomic mass is 10.3. The van der Waals surface area contributed by atoms with E-state index in [0.29, 0.717) is 6.07 Å². The Morgan fingerprint density at radius 2 is 2.25 bits per heavy atom. The van der Waals surface area contributed by atoms with Crippen LogP contribution in [0.1, 0.15) is 10.5 Å². The molecule has 0 amide bonds. The molecule has 1 heterocycles. The fraction of sp³-hybridized carbons (Fsp3) is 0.143. The predicted molar refractivity (Wildman–Crippen MR) is 35.5 cm³/mol. The van der Waals surface area contributed by atoms with Crippen LogP contribution in [-0.4, -0.2) is 18.1 Å². The van der Waals surface area contributed by atoms with E-state index in [9.17, 15) is 13.6 Å². The molecule has 0 fully saturated rings. The summed E-state index contributed by atoms with van der Waals surface area (Å²) in [6.07, 6.45) is 0.745. The van der Waals surface area contributed by atoms with Crippen LogP contribution in [0, 0.1) is 11.6 Å². The maximum absolute atomic E-state index is 12.7. The molecule has 0 aliphatic rings. The van der Waals surface area contributed by atoms with Crippen LogP contribution >= 0.6 is 0 Å². The van der Waals surface area contributed by atoms with Gasteiger partial charge in [-0.15, -0.1) is 0 Å². The van der Waals surface area contributed by atoms with Gasteiger partial charge in [-0.1, -0.05) is 0 Å². The molecule has 1 aromatic rings. The molecule has 0 spiro atoms. The number of carbonyl (C=O) groups is 1. The third-order valence-electron chi connectivity index (χ3n) is 1.19. The van der Waals surface area contributed by atoms with Crippen molar-refractivity contribution in [2.75, 3.05) is 7.11 Å². The average Bonchev–Trinajstić information content (AvgIpc) is 2.03. The third-order valence-corrected chi connectivity index (χ3v) is 1.19. The predicted octanol–water partition coefficient (Wildman–Crippen LogP) is 1.15. The van der Waals surface area contributed by atoms with Gasteiger partial charge in [-0.2, -0.15) is 0 Å². The van der Waals surface area contributed by atoms with Crippen LogP contribution in [0.3, 0.4) is 0 Å². The standard InChI is InChI=1S/C7H5F2NO2/c1-12-7(11)6-5(9)2-4(8)3-10-6/h2-3H,1H3. The first-order chi connectivity index (χ1) is 5.65. The van der Waals surface area contributed by atoms with Crippen LogP contribution in [-0.2, 0) is 4.74 Å². The summed E-state index contributed by atoms with van der Waals surface area (Å²) in [4.78, 5) is 13.9. The quantitative estimate of drug-likeness (QED) is 0.598. The van der Waals surface area contributed by atoms with Crippen LogP contribution in [0.5, 0.6) is 0 Å². The first-order valence-corrected chi connectivity index (χ1v) is 3.04. The highest BCUT2D eigenvalue weighted by atomic mass is 19.1. The lowest BCUT2D eigenvalue weighted by molar-refractivity contribution is 0.0588. The topological polar surface area (TPSA) is 39.2 Å². The molecule has 64 valence electrons. The molecule has 0 unspecified atom stereocenters. The molecule has 0 saturated heterocycles. The molecule has 3 nitrogen and oxygen atoms in total. The van der Waals surface area contributed by atoms with E-state index in [4.69, 9.17) is 0 Å². The molecule has 0 aliphatic heterocycles. The van der Waals surface area contributed by atoms with E-state index < -0.39 is 23.3 Å². The van der Waals surface area contributed by atoms with Crippen LogP contribution in [0.15, 0.2) is 12.3 Å². The molecule has 0 radical (unpaired) electrons. The van der Waals surface area contributed by atoms with Gasteiger partial charge in [-0.05, 0) is 0 Å². The van der Waals surface area contributed by atoms with Crippen LogP contribution in [0.4, 0.5) is 8.78 Å². The molecule has 0 atom stereocenters. The Balaban J connectivity index is 3.09. The molecule has 1 aromatic heterocycles. The van der Waals surface area contributed by atoms with Crippen LogP contribution in [0.2, 0.25) is 0 Å².